The maximum atomic E-state index is 12.7. The Kier molecular flexibility index (Phi) is 4.53. The molecule has 0 saturated heterocycles. The number of aryl methyl sites for hydroxylation is 1. The molecule has 1 aliphatic rings. The monoisotopic (exact) mass is 333 g/mol. The fourth-order valence-electron chi connectivity index (χ4n) is 2.75. The predicted molar refractivity (Wildman–Crippen MR) is 95.9 cm³/mol. The molecule has 0 heterocycles. The molecule has 3 rings (SSSR count). The van der Waals surface area contributed by atoms with Gasteiger partial charge in [0.25, 0.3) is 0 Å². The van der Waals surface area contributed by atoms with Gasteiger partial charge in [-0.15, -0.1) is 0 Å². The molecule has 0 spiro atoms. The van der Waals surface area contributed by atoms with Crippen LogP contribution in [-0.4, -0.2) is 11.8 Å². The highest BCUT2D eigenvalue weighted by atomic mass is 16.2. The van der Waals surface area contributed by atoms with Gasteiger partial charge in [0.05, 0.1) is 11.6 Å². The fourth-order valence-corrected chi connectivity index (χ4v) is 2.75. The van der Waals surface area contributed by atoms with E-state index in [0.717, 1.165) is 17.7 Å². The smallest absolute Gasteiger partial charge is 0.240 e. The Bertz CT molecular complexity index is 846. The minimum Gasteiger partial charge on any atom is -0.325 e. The van der Waals surface area contributed by atoms with Crippen LogP contribution >= 0.6 is 0 Å². The topological polar surface area (TPSA) is 82.0 Å². The predicted octanol–water partition coefficient (Wildman–Crippen LogP) is 3.48. The molecule has 0 atom stereocenters. The van der Waals surface area contributed by atoms with Gasteiger partial charge in [-0.05, 0) is 55.2 Å². The van der Waals surface area contributed by atoms with Crippen LogP contribution in [0.3, 0.4) is 0 Å². The summed E-state index contributed by atoms with van der Waals surface area (Å²) in [7, 11) is 0. The fraction of sp³-hybridized carbons (Fsp3) is 0.250. The molecule has 1 saturated carbocycles. The van der Waals surface area contributed by atoms with E-state index in [9.17, 15) is 9.59 Å². The molecule has 25 heavy (non-hydrogen) atoms. The molecule has 0 unspecified atom stereocenters. The number of carbonyl (C=O) groups excluding carboxylic acids is 2. The lowest BCUT2D eigenvalue weighted by atomic mass is 10.0. The number of hydrogen-bond donors (Lipinski definition) is 2. The van der Waals surface area contributed by atoms with Gasteiger partial charge in [-0.25, -0.2) is 0 Å². The molecule has 1 aliphatic carbocycles. The van der Waals surface area contributed by atoms with Gasteiger partial charge in [0.15, 0.2) is 0 Å². The number of benzene rings is 2. The second-order valence-corrected chi connectivity index (χ2v) is 6.19. The molecule has 2 amide bonds. The van der Waals surface area contributed by atoms with Crippen LogP contribution in [0.2, 0.25) is 0 Å². The maximum Gasteiger partial charge on any atom is 0.240 e. The first-order valence-corrected chi connectivity index (χ1v) is 8.30. The Hall–Kier alpha value is -3.13. The highest BCUT2D eigenvalue weighted by molar-refractivity contribution is 6.17. The summed E-state index contributed by atoms with van der Waals surface area (Å²) < 4.78 is 0. The van der Waals surface area contributed by atoms with E-state index in [1.165, 1.54) is 0 Å². The number of hydrogen-bond acceptors (Lipinski definition) is 3. The average molecular weight is 333 g/mol. The van der Waals surface area contributed by atoms with Crippen molar-refractivity contribution in [3.8, 4) is 6.07 Å². The maximum absolute atomic E-state index is 12.7. The van der Waals surface area contributed by atoms with Crippen molar-refractivity contribution < 1.29 is 9.59 Å². The van der Waals surface area contributed by atoms with E-state index in [0.29, 0.717) is 24.1 Å². The molecule has 2 aromatic carbocycles. The SMILES string of the molecule is CCc1ccccc1NC(=O)C1(C(=O)Nc2ccc(C#N)cc2)CC1. The molecule has 0 aliphatic heterocycles. The zero-order valence-electron chi connectivity index (χ0n) is 14.0. The molecule has 0 bridgehead atoms. The van der Waals surface area contributed by atoms with Gasteiger partial charge in [0.1, 0.15) is 5.41 Å². The van der Waals surface area contributed by atoms with Crippen LogP contribution in [-0.2, 0) is 16.0 Å². The average Bonchev–Trinajstić information content (AvgIpc) is 3.45. The van der Waals surface area contributed by atoms with Crippen molar-refractivity contribution in [1.82, 2.24) is 0 Å². The zero-order chi connectivity index (χ0) is 17.9. The summed E-state index contributed by atoms with van der Waals surface area (Å²) in [6, 6.07) is 16.2. The van der Waals surface area contributed by atoms with Gasteiger partial charge >= 0.3 is 0 Å². The van der Waals surface area contributed by atoms with Crippen molar-refractivity contribution in [2.24, 2.45) is 5.41 Å². The van der Waals surface area contributed by atoms with E-state index in [-0.39, 0.29) is 11.8 Å². The summed E-state index contributed by atoms with van der Waals surface area (Å²) in [5.74, 6) is -0.566. The number of rotatable bonds is 5. The third-order valence-corrected chi connectivity index (χ3v) is 4.54. The number of anilines is 2. The van der Waals surface area contributed by atoms with E-state index in [1.54, 1.807) is 24.3 Å². The van der Waals surface area contributed by atoms with Gasteiger partial charge in [0.2, 0.25) is 11.8 Å². The molecule has 0 radical (unpaired) electrons. The molecule has 5 heteroatoms. The first-order valence-electron chi connectivity index (χ1n) is 8.30. The van der Waals surface area contributed by atoms with Crippen LogP contribution in [0.4, 0.5) is 11.4 Å². The largest absolute Gasteiger partial charge is 0.325 e. The number of para-hydroxylation sites is 1. The van der Waals surface area contributed by atoms with Gasteiger partial charge < -0.3 is 10.6 Å². The molecule has 2 N–H and O–H groups in total. The number of amides is 2. The standard InChI is InChI=1S/C20H19N3O2/c1-2-15-5-3-4-6-17(15)23-19(25)20(11-12-20)18(24)22-16-9-7-14(13-21)8-10-16/h3-10H,2,11-12H2,1H3,(H,22,24)(H,23,25). The summed E-state index contributed by atoms with van der Waals surface area (Å²) in [6.45, 7) is 2.02. The molecule has 2 aromatic rings. The number of nitrogens with one attached hydrogen (secondary N) is 2. The van der Waals surface area contributed by atoms with Gasteiger partial charge in [0, 0.05) is 11.4 Å². The van der Waals surface area contributed by atoms with Crippen molar-refractivity contribution in [2.45, 2.75) is 26.2 Å². The van der Waals surface area contributed by atoms with Crippen molar-refractivity contribution in [1.29, 1.82) is 5.26 Å². The number of carbonyl (C=O) groups is 2. The Balaban J connectivity index is 1.71. The van der Waals surface area contributed by atoms with E-state index in [2.05, 4.69) is 10.6 Å². The first kappa shape index (κ1) is 16.7. The van der Waals surface area contributed by atoms with E-state index >= 15 is 0 Å². The second kappa shape index (κ2) is 6.78. The normalized spacial score (nSPS) is 14.2. The summed E-state index contributed by atoms with van der Waals surface area (Å²) >= 11 is 0. The van der Waals surface area contributed by atoms with Gasteiger partial charge in [-0.1, -0.05) is 25.1 Å². The minimum atomic E-state index is -1.01. The highest BCUT2D eigenvalue weighted by Gasteiger charge is 2.56. The Labute approximate surface area is 146 Å². The summed E-state index contributed by atoms with van der Waals surface area (Å²) in [4.78, 5) is 25.3. The van der Waals surface area contributed by atoms with Crippen molar-refractivity contribution >= 4 is 23.2 Å². The Morgan fingerprint density at radius 2 is 1.68 bits per heavy atom. The van der Waals surface area contributed by atoms with Crippen molar-refractivity contribution in [3.05, 3.63) is 59.7 Å². The molecule has 0 aromatic heterocycles. The van der Waals surface area contributed by atoms with Gasteiger partial charge in [-0.2, -0.15) is 5.26 Å². The molecule has 5 nitrogen and oxygen atoms in total. The molecule has 1 fully saturated rings. The van der Waals surface area contributed by atoms with Crippen LogP contribution < -0.4 is 10.6 Å². The van der Waals surface area contributed by atoms with Crippen LogP contribution in [0.5, 0.6) is 0 Å². The quantitative estimate of drug-likeness (QED) is 0.822. The van der Waals surface area contributed by atoms with Crippen LogP contribution in [0.15, 0.2) is 48.5 Å². The van der Waals surface area contributed by atoms with E-state index in [1.807, 2.05) is 37.3 Å². The lowest BCUT2D eigenvalue weighted by Crippen LogP contribution is -2.35. The number of nitriles is 1. The number of nitrogens with zero attached hydrogens (tertiary/aromatic N) is 1. The molecular formula is C20H19N3O2. The van der Waals surface area contributed by atoms with Crippen LogP contribution in [0, 0.1) is 16.7 Å². The van der Waals surface area contributed by atoms with Gasteiger partial charge in [-0.3, -0.25) is 9.59 Å². The highest BCUT2D eigenvalue weighted by Crippen LogP contribution is 2.47. The minimum absolute atomic E-state index is 0.264. The second-order valence-electron chi connectivity index (χ2n) is 6.19. The van der Waals surface area contributed by atoms with Crippen LogP contribution in [0.1, 0.15) is 30.9 Å². The summed E-state index contributed by atoms with van der Waals surface area (Å²) in [6.07, 6.45) is 1.88. The Morgan fingerprint density at radius 3 is 2.28 bits per heavy atom. The third-order valence-electron chi connectivity index (χ3n) is 4.54. The van der Waals surface area contributed by atoms with Crippen LogP contribution in [0.25, 0.3) is 0 Å². The third kappa shape index (κ3) is 3.38. The molecular weight excluding hydrogens is 314 g/mol. The Morgan fingerprint density at radius 1 is 1.04 bits per heavy atom. The van der Waals surface area contributed by atoms with E-state index < -0.39 is 5.41 Å². The zero-order valence-corrected chi connectivity index (χ0v) is 14.0. The van der Waals surface area contributed by atoms with E-state index in [4.69, 9.17) is 5.26 Å². The first-order chi connectivity index (χ1) is 12.1. The summed E-state index contributed by atoms with van der Waals surface area (Å²) in [5.41, 5.74) is 1.89. The molecule has 126 valence electrons. The van der Waals surface area contributed by atoms with Crippen molar-refractivity contribution in [3.63, 3.8) is 0 Å². The van der Waals surface area contributed by atoms with Crippen molar-refractivity contribution in [2.75, 3.05) is 10.6 Å². The summed E-state index contributed by atoms with van der Waals surface area (Å²) in [5, 5.41) is 14.5. The lowest BCUT2D eigenvalue weighted by Gasteiger charge is -2.17. The lowest BCUT2D eigenvalue weighted by molar-refractivity contribution is -0.131.